The first-order valence-corrected chi connectivity index (χ1v) is 13.4. The predicted molar refractivity (Wildman–Crippen MR) is 128 cm³/mol. The van der Waals surface area contributed by atoms with Gasteiger partial charge in [-0.15, -0.1) is 0 Å². The molecule has 2 atom stereocenters. The van der Waals surface area contributed by atoms with Crippen molar-refractivity contribution < 1.29 is 8.42 Å². The highest BCUT2D eigenvalue weighted by molar-refractivity contribution is 7.89. The molecule has 168 valence electrons. The minimum Gasteiger partial charge on any atom is -0.327 e. The standard InChI is InChI=1S/C25H33ClN2O2S/c1-28(31(29,30)17-20-4-5-20)14-2-3-18-6-9-21-10-13-25(27)24(23(21)15-18)16-19-7-11-22(26)12-8-19/h6-9,11-12,15,20,24-25H,2-5,10,13-14,16-17,27H2,1H3. The molecule has 1 fully saturated rings. The van der Waals surface area contributed by atoms with Crippen LogP contribution in [-0.4, -0.2) is 38.1 Å². The number of sulfonamides is 1. The zero-order chi connectivity index (χ0) is 22.0. The van der Waals surface area contributed by atoms with Gasteiger partial charge in [0.1, 0.15) is 0 Å². The van der Waals surface area contributed by atoms with Crippen LogP contribution in [-0.2, 0) is 29.3 Å². The van der Waals surface area contributed by atoms with Crippen molar-refractivity contribution in [1.82, 2.24) is 4.31 Å². The van der Waals surface area contributed by atoms with Crippen molar-refractivity contribution in [1.29, 1.82) is 0 Å². The van der Waals surface area contributed by atoms with Crippen molar-refractivity contribution in [3.8, 4) is 0 Å². The van der Waals surface area contributed by atoms with Crippen molar-refractivity contribution in [3.63, 3.8) is 0 Å². The molecule has 2 unspecified atom stereocenters. The lowest BCUT2D eigenvalue weighted by Gasteiger charge is -2.32. The van der Waals surface area contributed by atoms with Crippen LogP contribution in [0, 0.1) is 5.92 Å². The van der Waals surface area contributed by atoms with Crippen LogP contribution in [0.15, 0.2) is 42.5 Å². The number of benzene rings is 2. The van der Waals surface area contributed by atoms with E-state index in [1.54, 1.807) is 11.4 Å². The van der Waals surface area contributed by atoms with E-state index in [4.69, 9.17) is 17.3 Å². The van der Waals surface area contributed by atoms with Crippen LogP contribution in [0.25, 0.3) is 0 Å². The van der Waals surface area contributed by atoms with Crippen molar-refractivity contribution >= 4 is 21.6 Å². The van der Waals surface area contributed by atoms with Gasteiger partial charge in [0.2, 0.25) is 10.0 Å². The van der Waals surface area contributed by atoms with Crippen molar-refractivity contribution in [2.24, 2.45) is 11.7 Å². The van der Waals surface area contributed by atoms with E-state index in [1.165, 1.54) is 22.3 Å². The largest absolute Gasteiger partial charge is 0.327 e. The zero-order valence-electron chi connectivity index (χ0n) is 18.3. The second-order valence-corrected chi connectivity index (χ2v) is 11.9. The Morgan fingerprint density at radius 1 is 1.06 bits per heavy atom. The molecule has 0 saturated heterocycles. The molecule has 0 amide bonds. The predicted octanol–water partition coefficient (Wildman–Crippen LogP) is 4.54. The molecule has 2 aromatic rings. The van der Waals surface area contributed by atoms with Crippen molar-refractivity contribution in [3.05, 3.63) is 69.7 Å². The molecular weight excluding hydrogens is 428 g/mol. The Balaban J connectivity index is 1.41. The third-order valence-electron chi connectivity index (χ3n) is 6.80. The molecular formula is C25H33ClN2O2S. The lowest BCUT2D eigenvalue weighted by Crippen LogP contribution is -2.34. The molecule has 4 rings (SSSR count). The van der Waals surface area contributed by atoms with Crippen LogP contribution in [0.3, 0.4) is 0 Å². The van der Waals surface area contributed by atoms with E-state index < -0.39 is 10.0 Å². The number of nitrogens with zero attached hydrogens (tertiary/aromatic N) is 1. The van der Waals surface area contributed by atoms with Gasteiger partial charge in [0.05, 0.1) is 5.75 Å². The quantitative estimate of drug-likeness (QED) is 0.597. The second kappa shape index (κ2) is 9.62. The fourth-order valence-electron chi connectivity index (χ4n) is 4.62. The summed E-state index contributed by atoms with van der Waals surface area (Å²) in [7, 11) is -1.40. The molecule has 2 N–H and O–H groups in total. The van der Waals surface area contributed by atoms with Gasteiger partial charge in [-0.1, -0.05) is 41.9 Å². The molecule has 0 heterocycles. The Morgan fingerprint density at radius 2 is 1.77 bits per heavy atom. The van der Waals surface area contributed by atoms with Gasteiger partial charge in [-0.05, 0) is 85.3 Å². The molecule has 0 spiro atoms. The smallest absolute Gasteiger partial charge is 0.214 e. The Hall–Kier alpha value is -1.40. The highest BCUT2D eigenvalue weighted by Crippen LogP contribution is 2.35. The van der Waals surface area contributed by atoms with Crippen LogP contribution < -0.4 is 5.73 Å². The minimum absolute atomic E-state index is 0.150. The Morgan fingerprint density at radius 3 is 2.48 bits per heavy atom. The molecule has 4 nitrogen and oxygen atoms in total. The average Bonchev–Trinajstić information content (AvgIpc) is 3.55. The first-order valence-electron chi connectivity index (χ1n) is 11.4. The molecule has 2 aromatic carbocycles. The summed E-state index contributed by atoms with van der Waals surface area (Å²) >= 11 is 6.05. The van der Waals surface area contributed by atoms with Gasteiger partial charge in [-0.25, -0.2) is 12.7 Å². The summed E-state index contributed by atoms with van der Waals surface area (Å²) in [4.78, 5) is 0. The first kappa shape index (κ1) is 22.8. The highest BCUT2D eigenvalue weighted by atomic mass is 35.5. The first-order chi connectivity index (χ1) is 14.8. The molecule has 0 aliphatic heterocycles. The van der Waals surface area contributed by atoms with Gasteiger partial charge in [-0.2, -0.15) is 0 Å². The maximum Gasteiger partial charge on any atom is 0.214 e. The number of rotatable bonds is 9. The monoisotopic (exact) mass is 460 g/mol. The highest BCUT2D eigenvalue weighted by Gasteiger charge is 2.30. The molecule has 0 radical (unpaired) electrons. The zero-order valence-corrected chi connectivity index (χ0v) is 19.8. The summed E-state index contributed by atoms with van der Waals surface area (Å²) in [6.45, 7) is 0.569. The lowest BCUT2D eigenvalue weighted by molar-refractivity contribution is 0.457. The van der Waals surface area contributed by atoms with Crippen LogP contribution in [0.5, 0.6) is 0 Å². The number of hydrogen-bond acceptors (Lipinski definition) is 3. The topological polar surface area (TPSA) is 63.4 Å². The summed E-state index contributed by atoms with van der Waals surface area (Å²) in [6, 6.07) is 15.0. The van der Waals surface area contributed by atoms with E-state index in [9.17, 15) is 8.42 Å². The van der Waals surface area contributed by atoms with Gasteiger partial charge in [-0.3, -0.25) is 0 Å². The average molecular weight is 461 g/mol. The molecule has 1 saturated carbocycles. The number of fused-ring (bicyclic) bond motifs is 1. The SMILES string of the molecule is CN(CCCc1ccc2c(c1)C(Cc1ccc(Cl)cc1)C(N)CC2)S(=O)(=O)CC1CC1. The van der Waals surface area contributed by atoms with E-state index in [0.717, 1.165) is 50.0 Å². The minimum atomic E-state index is -3.11. The Kier molecular flexibility index (Phi) is 7.07. The van der Waals surface area contributed by atoms with Crippen molar-refractivity contribution in [2.45, 2.75) is 56.9 Å². The second-order valence-electron chi connectivity index (χ2n) is 9.32. The summed E-state index contributed by atoms with van der Waals surface area (Å²) in [6.07, 6.45) is 6.76. The Bertz CT molecular complexity index is 1000. The maximum absolute atomic E-state index is 12.4. The molecule has 6 heteroatoms. The van der Waals surface area contributed by atoms with E-state index >= 15 is 0 Å². The van der Waals surface area contributed by atoms with Crippen LogP contribution in [0.2, 0.25) is 5.02 Å². The maximum atomic E-state index is 12.4. The van der Waals surface area contributed by atoms with Crippen LogP contribution in [0.1, 0.15) is 53.9 Å². The summed E-state index contributed by atoms with van der Waals surface area (Å²) in [5.41, 5.74) is 11.8. The molecule has 2 aliphatic rings. The number of halogens is 1. The van der Waals surface area contributed by atoms with Crippen LogP contribution in [0.4, 0.5) is 0 Å². The van der Waals surface area contributed by atoms with Crippen molar-refractivity contribution in [2.75, 3.05) is 19.3 Å². The number of aryl methyl sites for hydroxylation is 2. The van der Waals surface area contributed by atoms with Gasteiger partial charge < -0.3 is 5.73 Å². The fourth-order valence-corrected chi connectivity index (χ4v) is 6.33. The summed E-state index contributed by atoms with van der Waals surface area (Å²) in [5.74, 6) is 0.994. The normalized spacial score (nSPS) is 21.3. The van der Waals surface area contributed by atoms with Gasteiger partial charge in [0.25, 0.3) is 0 Å². The van der Waals surface area contributed by atoms with Gasteiger partial charge in [0, 0.05) is 30.6 Å². The van der Waals surface area contributed by atoms with E-state index in [0.29, 0.717) is 24.1 Å². The third kappa shape index (κ3) is 5.89. The molecule has 0 bridgehead atoms. The molecule has 0 aromatic heterocycles. The Labute approximate surface area is 191 Å². The lowest BCUT2D eigenvalue weighted by atomic mass is 9.76. The van der Waals surface area contributed by atoms with Crippen LogP contribution >= 0.6 is 11.6 Å². The number of nitrogens with two attached hydrogens (primary N) is 1. The van der Waals surface area contributed by atoms with Gasteiger partial charge in [0.15, 0.2) is 0 Å². The van der Waals surface area contributed by atoms with Gasteiger partial charge >= 0.3 is 0 Å². The summed E-state index contributed by atoms with van der Waals surface area (Å²) < 4.78 is 26.3. The molecule has 31 heavy (non-hydrogen) atoms. The molecule has 2 aliphatic carbocycles. The number of hydrogen-bond donors (Lipinski definition) is 1. The van der Waals surface area contributed by atoms with E-state index in [1.807, 2.05) is 12.1 Å². The van der Waals surface area contributed by atoms with E-state index in [2.05, 4.69) is 30.3 Å². The third-order valence-corrected chi connectivity index (χ3v) is 9.08. The fraction of sp³-hybridized carbons (Fsp3) is 0.520. The van der Waals surface area contributed by atoms with E-state index in [-0.39, 0.29) is 6.04 Å². The summed E-state index contributed by atoms with van der Waals surface area (Å²) in [5, 5.41) is 0.753.